The van der Waals surface area contributed by atoms with Gasteiger partial charge < -0.3 is 9.64 Å². The molecule has 1 aliphatic heterocycles. The average Bonchev–Trinajstić information content (AvgIpc) is 2.74. The Bertz CT molecular complexity index is 507. The van der Waals surface area contributed by atoms with Crippen molar-refractivity contribution in [1.29, 1.82) is 0 Å². The highest BCUT2D eigenvalue weighted by Gasteiger charge is 2.30. The number of ether oxygens (including phenoxy) is 1. The molecular weight excluding hydrogens is 303 g/mol. The van der Waals surface area contributed by atoms with Crippen LogP contribution < -0.4 is 4.74 Å². The van der Waals surface area contributed by atoms with Crippen LogP contribution in [-0.2, 0) is 10.5 Å². The lowest BCUT2D eigenvalue weighted by Gasteiger charge is -2.14. The second-order valence-electron chi connectivity index (χ2n) is 4.86. The Balaban J connectivity index is 1.95. The topological polar surface area (TPSA) is 29.5 Å². The molecule has 7 heteroatoms. The third-order valence-electron chi connectivity index (χ3n) is 3.18. The molecule has 0 aromatic heterocycles. The zero-order valence-corrected chi connectivity index (χ0v) is 12.3. The van der Waals surface area contributed by atoms with E-state index in [-0.39, 0.29) is 16.9 Å². The number of hydrogen-bond acceptors (Lipinski definition) is 3. The fraction of sp³-hybridized carbons (Fsp3) is 0.500. The van der Waals surface area contributed by atoms with Gasteiger partial charge in [0.1, 0.15) is 5.75 Å². The Hall–Kier alpha value is -1.37. The third kappa shape index (κ3) is 4.56. The van der Waals surface area contributed by atoms with Crippen molar-refractivity contribution in [1.82, 2.24) is 4.90 Å². The van der Waals surface area contributed by atoms with Gasteiger partial charge in [-0.15, -0.1) is 11.8 Å². The summed E-state index contributed by atoms with van der Waals surface area (Å²) in [5.41, 5.74) is 0.675. The number of carbonyl (C=O) groups is 1. The molecule has 1 heterocycles. The molecule has 0 spiro atoms. The van der Waals surface area contributed by atoms with Crippen molar-refractivity contribution in [2.24, 2.45) is 0 Å². The molecule has 1 aromatic rings. The molecule has 116 valence electrons. The van der Waals surface area contributed by atoms with Gasteiger partial charge in [-0.05, 0) is 12.5 Å². The van der Waals surface area contributed by atoms with E-state index in [9.17, 15) is 18.0 Å². The van der Waals surface area contributed by atoms with Crippen LogP contribution in [-0.4, -0.2) is 42.4 Å². The second-order valence-corrected chi connectivity index (χ2v) is 6.05. The van der Waals surface area contributed by atoms with Crippen LogP contribution in [0.5, 0.6) is 5.75 Å². The summed E-state index contributed by atoms with van der Waals surface area (Å²) < 4.78 is 41.5. The molecule has 0 bridgehead atoms. The highest BCUT2D eigenvalue weighted by molar-refractivity contribution is 7.99. The molecular formula is C14H16F3NO2S. The Morgan fingerprint density at radius 2 is 2.10 bits per heavy atom. The Labute approximate surface area is 125 Å². The van der Waals surface area contributed by atoms with Crippen molar-refractivity contribution in [2.45, 2.75) is 23.6 Å². The molecule has 0 unspecified atom stereocenters. The maximum Gasteiger partial charge on any atom is 0.422 e. The Morgan fingerprint density at radius 3 is 2.71 bits per heavy atom. The average molecular weight is 319 g/mol. The van der Waals surface area contributed by atoms with Gasteiger partial charge in [0.25, 0.3) is 0 Å². The van der Waals surface area contributed by atoms with E-state index < -0.39 is 12.8 Å². The third-order valence-corrected chi connectivity index (χ3v) is 4.50. The predicted octanol–water partition coefficient (Wildman–Crippen LogP) is 3.09. The monoisotopic (exact) mass is 319 g/mol. The molecule has 2 rings (SSSR count). The number of benzene rings is 1. The number of rotatable bonds is 5. The lowest BCUT2D eigenvalue weighted by Crippen LogP contribution is -2.23. The van der Waals surface area contributed by atoms with E-state index in [0.717, 1.165) is 13.0 Å². The molecule has 1 aromatic carbocycles. The van der Waals surface area contributed by atoms with Gasteiger partial charge in [-0.2, -0.15) is 13.2 Å². The number of hydrogen-bond donors (Lipinski definition) is 0. The van der Waals surface area contributed by atoms with Crippen molar-refractivity contribution < 1.29 is 22.7 Å². The van der Waals surface area contributed by atoms with Gasteiger partial charge in [-0.3, -0.25) is 4.79 Å². The minimum Gasteiger partial charge on any atom is -0.484 e. The van der Waals surface area contributed by atoms with E-state index in [1.54, 1.807) is 30.1 Å². The first-order valence-corrected chi connectivity index (χ1v) is 7.56. The van der Waals surface area contributed by atoms with Gasteiger partial charge in [0.15, 0.2) is 6.61 Å². The van der Waals surface area contributed by atoms with Crippen LogP contribution in [0.2, 0.25) is 0 Å². The van der Waals surface area contributed by atoms with Gasteiger partial charge >= 0.3 is 6.18 Å². The standard InChI is InChI=1S/C14H16F3NO2S/c1-18-7-6-12(13(18)19)21-8-10-4-2-3-5-11(10)20-9-14(15,16)17/h2-5,12H,6-9H2,1H3/t12-/m0/s1. The molecule has 0 N–H and O–H groups in total. The normalized spacial score (nSPS) is 19.1. The van der Waals surface area contributed by atoms with E-state index in [2.05, 4.69) is 0 Å². The Morgan fingerprint density at radius 1 is 1.38 bits per heavy atom. The van der Waals surface area contributed by atoms with Gasteiger partial charge in [0.05, 0.1) is 5.25 Å². The number of thioether (sulfide) groups is 1. The van der Waals surface area contributed by atoms with Crippen LogP contribution >= 0.6 is 11.8 Å². The van der Waals surface area contributed by atoms with E-state index in [1.165, 1.54) is 17.8 Å². The molecule has 1 saturated heterocycles. The number of likely N-dealkylation sites (tertiary alicyclic amines) is 1. The Kier molecular flexibility index (Phi) is 5.03. The summed E-state index contributed by atoms with van der Waals surface area (Å²) in [6.45, 7) is -0.581. The first-order valence-electron chi connectivity index (χ1n) is 6.51. The molecule has 1 fully saturated rings. The maximum absolute atomic E-state index is 12.2. The summed E-state index contributed by atoms with van der Waals surface area (Å²) >= 11 is 1.44. The second kappa shape index (κ2) is 6.60. The molecule has 0 aliphatic carbocycles. The number of halogens is 3. The number of amides is 1. The molecule has 1 atom stereocenters. The van der Waals surface area contributed by atoms with E-state index in [0.29, 0.717) is 11.3 Å². The minimum absolute atomic E-state index is 0.0775. The SMILES string of the molecule is CN1CC[C@H](SCc2ccccc2OCC(F)(F)F)C1=O. The van der Waals surface area contributed by atoms with Gasteiger partial charge in [0, 0.05) is 24.9 Å². The summed E-state index contributed by atoms with van der Waals surface area (Å²) in [7, 11) is 1.75. The highest BCUT2D eigenvalue weighted by Crippen LogP contribution is 2.30. The zero-order chi connectivity index (χ0) is 15.5. The van der Waals surface area contributed by atoms with Gasteiger partial charge in [-0.1, -0.05) is 18.2 Å². The highest BCUT2D eigenvalue weighted by atomic mass is 32.2. The van der Waals surface area contributed by atoms with Crippen molar-refractivity contribution >= 4 is 17.7 Å². The first-order chi connectivity index (χ1) is 9.87. The van der Waals surface area contributed by atoms with Crippen LogP contribution in [0.3, 0.4) is 0 Å². The van der Waals surface area contributed by atoms with E-state index >= 15 is 0 Å². The van der Waals surface area contributed by atoms with Crippen molar-refractivity contribution in [3.63, 3.8) is 0 Å². The summed E-state index contributed by atoms with van der Waals surface area (Å²) in [6, 6.07) is 6.62. The number of alkyl halides is 3. The largest absolute Gasteiger partial charge is 0.484 e. The molecule has 1 amide bonds. The predicted molar refractivity (Wildman–Crippen MR) is 75.3 cm³/mol. The zero-order valence-electron chi connectivity index (χ0n) is 11.5. The van der Waals surface area contributed by atoms with Gasteiger partial charge in [-0.25, -0.2) is 0 Å². The van der Waals surface area contributed by atoms with Crippen molar-refractivity contribution in [3.8, 4) is 5.75 Å². The van der Waals surface area contributed by atoms with E-state index in [4.69, 9.17) is 4.74 Å². The van der Waals surface area contributed by atoms with Crippen LogP contribution in [0.4, 0.5) is 13.2 Å². The molecule has 21 heavy (non-hydrogen) atoms. The van der Waals surface area contributed by atoms with Crippen molar-refractivity contribution in [3.05, 3.63) is 29.8 Å². The lowest BCUT2D eigenvalue weighted by molar-refractivity contribution is -0.153. The first kappa shape index (κ1) is 16.0. The molecule has 1 aliphatic rings. The smallest absolute Gasteiger partial charge is 0.422 e. The minimum atomic E-state index is -4.36. The fourth-order valence-corrected chi connectivity index (χ4v) is 3.27. The fourth-order valence-electron chi connectivity index (χ4n) is 2.06. The van der Waals surface area contributed by atoms with E-state index in [1.807, 2.05) is 0 Å². The summed E-state index contributed by atoms with van der Waals surface area (Å²) in [5.74, 6) is 0.757. The summed E-state index contributed by atoms with van der Waals surface area (Å²) in [6.07, 6.45) is -3.59. The number of carbonyl (C=O) groups excluding carboxylic acids is 1. The van der Waals surface area contributed by atoms with Crippen LogP contribution in [0.15, 0.2) is 24.3 Å². The number of para-hydroxylation sites is 1. The maximum atomic E-state index is 12.2. The lowest BCUT2D eigenvalue weighted by atomic mass is 10.2. The molecule has 0 radical (unpaired) electrons. The van der Waals surface area contributed by atoms with Crippen LogP contribution in [0.25, 0.3) is 0 Å². The molecule has 3 nitrogen and oxygen atoms in total. The van der Waals surface area contributed by atoms with Crippen molar-refractivity contribution in [2.75, 3.05) is 20.2 Å². The van der Waals surface area contributed by atoms with Crippen LogP contribution in [0, 0.1) is 0 Å². The van der Waals surface area contributed by atoms with Crippen LogP contribution in [0.1, 0.15) is 12.0 Å². The summed E-state index contributed by atoms with van der Waals surface area (Å²) in [4.78, 5) is 13.5. The quantitative estimate of drug-likeness (QED) is 0.835. The van der Waals surface area contributed by atoms with Gasteiger partial charge in [0.2, 0.25) is 5.91 Å². The molecule has 0 saturated carbocycles. The number of nitrogens with zero attached hydrogens (tertiary/aromatic N) is 1. The summed E-state index contributed by atoms with van der Waals surface area (Å²) in [5, 5.41) is -0.120.